The monoisotopic (exact) mass is 331 g/mol. The lowest BCUT2D eigenvalue weighted by atomic mass is 10.2. The number of hydrogen-bond acceptors (Lipinski definition) is 6. The van der Waals surface area contributed by atoms with Crippen LogP contribution in [0.3, 0.4) is 0 Å². The number of amides is 1. The quantitative estimate of drug-likeness (QED) is 0.815. The van der Waals surface area contributed by atoms with Crippen LogP contribution >= 0.6 is 11.8 Å². The maximum Gasteiger partial charge on any atom is 0.281 e. The van der Waals surface area contributed by atoms with Crippen LogP contribution < -0.4 is 11.1 Å². The van der Waals surface area contributed by atoms with Crippen molar-refractivity contribution in [2.24, 2.45) is 5.73 Å². The molecule has 1 aliphatic rings. The van der Waals surface area contributed by atoms with Crippen LogP contribution in [0.15, 0.2) is 17.2 Å². The molecule has 1 fully saturated rings. The predicted molar refractivity (Wildman–Crippen MR) is 90.2 cm³/mol. The van der Waals surface area contributed by atoms with E-state index in [0.717, 1.165) is 24.4 Å². The zero-order valence-corrected chi connectivity index (χ0v) is 13.7. The second kappa shape index (κ2) is 6.04. The van der Waals surface area contributed by atoms with Crippen molar-refractivity contribution in [1.82, 2.24) is 14.6 Å². The highest BCUT2D eigenvalue weighted by atomic mass is 32.2. The Balaban J connectivity index is 2.05. The summed E-state index contributed by atoms with van der Waals surface area (Å²) in [5, 5.41) is 7.14. The molecule has 1 saturated carbocycles. The van der Waals surface area contributed by atoms with Gasteiger partial charge in [0.15, 0.2) is 11.4 Å². The molecule has 0 spiro atoms. The standard InChI is InChI=1S/C15H17N5O2S/c1-8-5-13(19-11-3-4-11)20-14(18-8)10(7-17-20)6-12(9(2)21)23-15(16)22/h5-7,11,19H,3-4H2,1-2H3,(H2,16,22)/b12-6-. The van der Waals surface area contributed by atoms with Gasteiger partial charge in [0.2, 0.25) is 0 Å². The molecule has 120 valence electrons. The van der Waals surface area contributed by atoms with Gasteiger partial charge in [-0.2, -0.15) is 9.61 Å². The Hall–Kier alpha value is -2.35. The van der Waals surface area contributed by atoms with Crippen molar-refractivity contribution in [3.05, 3.63) is 28.4 Å². The van der Waals surface area contributed by atoms with E-state index >= 15 is 0 Å². The summed E-state index contributed by atoms with van der Waals surface area (Å²) in [4.78, 5) is 27.5. The van der Waals surface area contributed by atoms with Crippen LogP contribution in [-0.2, 0) is 4.79 Å². The molecule has 0 saturated heterocycles. The van der Waals surface area contributed by atoms with Gasteiger partial charge >= 0.3 is 0 Å². The molecule has 2 aromatic heterocycles. The van der Waals surface area contributed by atoms with E-state index in [9.17, 15) is 9.59 Å². The number of fused-ring (bicyclic) bond motifs is 1. The van der Waals surface area contributed by atoms with Crippen molar-refractivity contribution in [2.45, 2.75) is 32.7 Å². The van der Waals surface area contributed by atoms with Gasteiger partial charge < -0.3 is 11.1 Å². The minimum atomic E-state index is -0.622. The number of carbonyl (C=O) groups excluding carboxylic acids is 2. The Labute approximate surface area is 137 Å². The number of thioether (sulfide) groups is 1. The first-order valence-electron chi connectivity index (χ1n) is 7.26. The zero-order valence-electron chi connectivity index (χ0n) is 12.9. The maximum absolute atomic E-state index is 11.7. The third kappa shape index (κ3) is 3.53. The van der Waals surface area contributed by atoms with E-state index in [2.05, 4.69) is 15.4 Å². The normalized spacial score (nSPS) is 15.0. The van der Waals surface area contributed by atoms with E-state index in [1.807, 2.05) is 13.0 Å². The average Bonchev–Trinajstić information content (AvgIpc) is 3.18. The summed E-state index contributed by atoms with van der Waals surface area (Å²) in [6, 6.07) is 2.43. The van der Waals surface area contributed by atoms with Crippen LogP contribution in [-0.4, -0.2) is 31.7 Å². The number of Topliss-reactive ketones (excluding diaryl/α,β-unsaturated/α-hetero) is 1. The molecule has 0 atom stereocenters. The molecule has 23 heavy (non-hydrogen) atoms. The molecule has 2 aromatic rings. The number of nitrogens with one attached hydrogen (secondary N) is 1. The molecule has 0 aromatic carbocycles. The lowest BCUT2D eigenvalue weighted by molar-refractivity contribution is -0.112. The van der Waals surface area contributed by atoms with Gasteiger partial charge in [0.25, 0.3) is 5.24 Å². The summed E-state index contributed by atoms with van der Waals surface area (Å²) in [5.41, 5.74) is 7.33. The van der Waals surface area contributed by atoms with E-state index in [1.165, 1.54) is 6.92 Å². The minimum Gasteiger partial charge on any atom is -0.367 e. The number of carbonyl (C=O) groups is 2. The van der Waals surface area contributed by atoms with Gasteiger partial charge in [-0.25, -0.2) is 4.98 Å². The van der Waals surface area contributed by atoms with Crippen LogP contribution in [0.5, 0.6) is 0 Å². The van der Waals surface area contributed by atoms with E-state index in [0.29, 0.717) is 29.0 Å². The van der Waals surface area contributed by atoms with Crippen molar-refractivity contribution in [3.8, 4) is 0 Å². The van der Waals surface area contributed by atoms with Gasteiger partial charge in [0, 0.05) is 23.4 Å². The second-order valence-electron chi connectivity index (χ2n) is 5.52. The predicted octanol–water partition coefficient (Wildman–Crippen LogP) is 2.35. The van der Waals surface area contributed by atoms with Crippen LogP contribution in [0.4, 0.5) is 10.6 Å². The summed E-state index contributed by atoms with van der Waals surface area (Å²) in [6.07, 6.45) is 5.54. The third-order valence-electron chi connectivity index (χ3n) is 3.40. The van der Waals surface area contributed by atoms with E-state index < -0.39 is 5.24 Å². The lowest BCUT2D eigenvalue weighted by Crippen LogP contribution is -2.08. The Morgan fingerprint density at radius 1 is 1.48 bits per heavy atom. The topological polar surface area (TPSA) is 102 Å². The molecule has 1 aliphatic carbocycles. The lowest BCUT2D eigenvalue weighted by Gasteiger charge is -2.08. The molecule has 8 heteroatoms. The molecular weight excluding hydrogens is 314 g/mol. The molecule has 0 bridgehead atoms. The van der Waals surface area contributed by atoms with Crippen molar-refractivity contribution in [2.75, 3.05) is 5.32 Å². The second-order valence-corrected chi connectivity index (χ2v) is 6.57. The highest BCUT2D eigenvalue weighted by molar-refractivity contribution is 8.17. The first kappa shape index (κ1) is 15.5. The average molecular weight is 331 g/mol. The molecule has 1 amide bonds. The SMILES string of the molecule is CC(=O)/C(=C/c1cnn2c(NC3CC3)cc(C)nc12)SC(N)=O. The number of aromatic nitrogens is 3. The molecule has 0 unspecified atom stereocenters. The number of aryl methyl sites for hydroxylation is 1. The number of anilines is 1. The fourth-order valence-electron chi connectivity index (χ4n) is 2.20. The fourth-order valence-corrected chi connectivity index (χ4v) is 2.74. The Bertz CT molecular complexity index is 823. The van der Waals surface area contributed by atoms with Crippen molar-refractivity contribution >= 4 is 40.3 Å². The summed E-state index contributed by atoms with van der Waals surface area (Å²) < 4.78 is 1.71. The van der Waals surface area contributed by atoms with Crippen LogP contribution in [0.25, 0.3) is 11.7 Å². The van der Waals surface area contributed by atoms with E-state index in [4.69, 9.17) is 5.73 Å². The number of ketones is 1. The van der Waals surface area contributed by atoms with Gasteiger partial charge in [-0.05, 0) is 44.5 Å². The largest absolute Gasteiger partial charge is 0.367 e. The van der Waals surface area contributed by atoms with Crippen LogP contribution in [0.1, 0.15) is 31.0 Å². The van der Waals surface area contributed by atoms with Crippen molar-refractivity contribution < 1.29 is 9.59 Å². The molecule has 2 heterocycles. The zero-order chi connectivity index (χ0) is 16.6. The summed E-state index contributed by atoms with van der Waals surface area (Å²) >= 11 is 0.714. The number of allylic oxidation sites excluding steroid dienone is 1. The summed E-state index contributed by atoms with van der Waals surface area (Å²) in [5.74, 6) is 0.652. The van der Waals surface area contributed by atoms with E-state index in [1.54, 1.807) is 16.8 Å². The first-order chi connectivity index (χ1) is 10.9. The molecule has 7 nitrogen and oxygen atoms in total. The first-order valence-corrected chi connectivity index (χ1v) is 8.07. The Kier molecular flexibility index (Phi) is 4.08. The summed E-state index contributed by atoms with van der Waals surface area (Å²) in [6.45, 7) is 3.30. The minimum absolute atomic E-state index is 0.225. The highest BCUT2D eigenvalue weighted by Crippen LogP contribution is 2.27. The smallest absolute Gasteiger partial charge is 0.281 e. The number of rotatable bonds is 5. The van der Waals surface area contributed by atoms with Gasteiger partial charge in [0.1, 0.15) is 5.82 Å². The molecular formula is C15H17N5O2S. The van der Waals surface area contributed by atoms with Crippen molar-refractivity contribution in [3.63, 3.8) is 0 Å². The Morgan fingerprint density at radius 3 is 2.83 bits per heavy atom. The fraction of sp³-hybridized carbons (Fsp3) is 0.333. The molecule has 0 aliphatic heterocycles. The number of nitrogens with two attached hydrogens (primary N) is 1. The summed E-state index contributed by atoms with van der Waals surface area (Å²) in [7, 11) is 0. The van der Waals surface area contributed by atoms with Gasteiger partial charge in [-0.15, -0.1) is 0 Å². The van der Waals surface area contributed by atoms with Crippen LogP contribution in [0, 0.1) is 6.92 Å². The number of hydrogen-bond donors (Lipinski definition) is 2. The van der Waals surface area contributed by atoms with Crippen LogP contribution in [0.2, 0.25) is 0 Å². The molecule has 0 radical (unpaired) electrons. The van der Waals surface area contributed by atoms with E-state index in [-0.39, 0.29) is 10.7 Å². The third-order valence-corrected chi connectivity index (χ3v) is 4.23. The number of nitrogens with zero attached hydrogens (tertiary/aromatic N) is 3. The van der Waals surface area contributed by atoms with Gasteiger partial charge in [-0.1, -0.05) is 0 Å². The Morgan fingerprint density at radius 2 is 2.22 bits per heavy atom. The molecule has 3 N–H and O–H groups in total. The van der Waals surface area contributed by atoms with Gasteiger partial charge in [0.05, 0.1) is 11.1 Å². The van der Waals surface area contributed by atoms with Crippen molar-refractivity contribution in [1.29, 1.82) is 0 Å². The van der Waals surface area contributed by atoms with Gasteiger partial charge in [-0.3, -0.25) is 9.59 Å². The number of primary amides is 1. The molecule has 3 rings (SSSR count). The maximum atomic E-state index is 11.7. The highest BCUT2D eigenvalue weighted by Gasteiger charge is 2.22.